The quantitative estimate of drug-likeness (QED) is 0.154. The molecule has 1 aliphatic heterocycles. The molecule has 1 heterocycles. The van der Waals surface area contributed by atoms with Crippen molar-refractivity contribution in [2.45, 2.75) is 19.4 Å². The van der Waals surface area contributed by atoms with Crippen LogP contribution in [0.1, 0.15) is 28.7 Å². The number of hydrogen-bond donors (Lipinski definition) is 0. The van der Waals surface area contributed by atoms with E-state index < -0.39 is 0 Å². The number of rotatable bonds is 6. The predicted molar refractivity (Wildman–Crippen MR) is 181 cm³/mol. The number of benzene rings is 5. The van der Waals surface area contributed by atoms with Gasteiger partial charge in [-0.1, -0.05) is 110 Å². The van der Waals surface area contributed by atoms with Gasteiger partial charge in [-0.05, 0) is 99.1 Å². The Balaban J connectivity index is 1.36. The Morgan fingerprint density at radius 3 is 2.48 bits per heavy atom. The van der Waals surface area contributed by atoms with Crippen LogP contribution in [-0.4, -0.2) is 6.72 Å². The van der Waals surface area contributed by atoms with Gasteiger partial charge in [0.05, 0.1) is 17.1 Å². The number of nitrogens with zero attached hydrogens (tertiary/aromatic N) is 2. The van der Waals surface area contributed by atoms with Gasteiger partial charge in [-0.15, -0.1) is 0 Å². The van der Waals surface area contributed by atoms with Crippen molar-refractivity contribution in [1.82, 2.24) is 0 Å². The van der Waals surface area contributed by atoms with Gasteiger partial charge in [0.15, 0.2) is 0 Å². The summed E-state index contributed by atoms with van der Waals surface area (Å²) in [6.45, 7) is 13.3. The molecule has 0 atom stereocenters. The Labute approximate surface area is 248 Å². The lowest BCUT2D eigenvalue weighted by Crippen LogP contribution is -2.22. The molecular weight excluding hydrogens is 508 g/mol. The van der Waals surface area contributed by atoms with Gasteiger partial charge in [-0.2, -0.15) is 0 Å². The molecule has 0 bridgehead atoms. The first-order valence-corrected chi connectivity index (χ1v) is 14.4. The molecule has 5 aromatic carbocycles. The van der Waals surface area contributed by atoms with Crippen molar-refractivity contribution in [3.63, 3.8) is 0 Å². The Kier molecular flexibility index (Phi) is 6.52. The van der Waals surface area contributed by atoms with E-state index in [0.29, 0.717) is 0 Å². The van der Waals surface area contributed by atoms with Gasteiger partial charge in [0.1, 0.15) is 0 Å². The topological polar surface area (TPSA) is 15.6 Å². The maximum absolute atomic E-state index is 4.48. The Hall–Kier alpha value is -5.21. The van der Waals surface area contributed by atoms with Crippen LogP contribution in [0.4, 0.5) is 17.1 Å². The summed E-state index contributed by atoms with van der Waals surface area (Å²) in [6.07, 6.45) is 8.44. The van der Waals surface area contributed by atoms with E-state index in [1.54, 1.807) is 0 Å². The zero-order chi connectivity index (χ0) is 28.6. The number of aryl methyl sites for hydroxylation is 1. The summed E-state index contributed by atoms with van der Waals surface area (Å²) >= 11 is 0. The zero-order valence-electron chi connectivity index (χ0n) is 23.7. The number of aliphatic imine (C=N–C) groups is 1. The van der Waals surface area contributed by atoms with Crippen molar-refractivity contribution >= 4 is 46.2 Å². The summed E-state index contributed by atoms with van der Waals surface area (Å²) in [5.41, 5.74) is 14.0. The standard InChI is InChI=1S/C40H32N2/c1-4-28(23-27(2)31-19-17-29-11-5-6-13-32(29)24-31)33-21-22-36-39(25-33)42(38-16-10-9-15-37(38)41-3)26-34-20-18-30-12-7-8-14-35(30)40(34)36/h4-16,18,20-25H,1-3,17,19,26H2/b28-23+. The van der Waals surface area contributed by atoms with Crippen LogP contribution in [0, 0.1) is 0 Å². The molecule has 0 aromatic heterocycles. The Bertz CT molecular complexity index is 1970. The second-order valence-electron chi connectivity index (χ2n) is 11.0. The third kappa shape index (κ3) is 4.42. The second-order valence-corrected chi connectivity index (χ2v) is 11.0. The Morgan fingerprint density at radius 1 is 0.786 bits per heavy atom. The van der Waals surface area contributed by atoms with Gasteiger partial charge in [0.25, 0.3) is 0 Å². The number of hydrogen-bond acceptors (Lipinski definition) is 2. The normalized spacial score (nSPS) is 14.0. The van der Waals surface area contributed by atoms with Gasteiger partial charge < -0.3 is 4.90 Å². The van der Waals surface area contributed by atoms with E-state index in [2.05, 4.69) is 133 Å². The van der Waals surface area contributed by atoms with E-state index in [0.717, 1.165) is 53.2 Å². The second kappa shape index (κ2) is 10.6. The number of fused-ring (bicyclic) bond motifs is 6. The molecule has 1 aliphatic carbocycles. The van der Waals surface area contributed by atoms with E-state index in [-0.39, 0.29) is 0 Å². The first-order chi connectivity index (χ1) is 20.6. The maximum atomic E-state index is 4.48. The molecule has 0 saturated heterocycles. The molecule has 0 amide bonds. The van der Waals surface area contributed by atoms with Crippen LogP contribution < -0.4 is 4.90 Å². The van der Waals surface area contributed by atoms with E-state index in [4.69, 9.17) is 0 Å². The Morgan fingerprint density at radius 2 is 1.60 bits per heavy atom. The fourth-order valence-electron chi connectivity index (χ4n) is 6.43. The lowest BCUT2D eigenvalue weighted by atomic mass is 9.86. The third-order valence-electron chi connectivity index (χ3n) is 8.59. The minimum absolute atomic E-state index is 0.745. The lowest BCUT2D eigenvalue weighted by Gasteiger charge is -2.34. The fourth-order valence-corrected chi connectivity index (χ4v) is 6.43. The van der Waals surface area contributed by atoms with Gasteiger partial charge in [0, 0.05) is 12.1 Å². The van der Waals surface area contributed by atoms with Crippen LogP contribution in [0.5, 0.6) is 0 Å². The molecular formula is C40H32N2. The average Bonchev–Trinajstić information content (AvgIpc) is 3.05. The largest absolute Gasteiger partial charge is 0.335 e. The molecule has 2 nitrogen and oxygen atoms in total. The highest BCUT2D eigenvalue weighted by atomic mass is 15.2. The minimum atomic E-state index is 0.745. The maximum Gasteiger partial charge on any atom is 0.0859 e. The number of allylic oxidation sites excluding steroid dienone is 5. The molecule has 0 radical (unpaired) electrons. The molecule has 2 heteroatoms. The molecule has 0 spiro atoms. The molecule has 42 heavy (non-hydrogen) atoms. The van der Waals surface area contributed by atoms with E-state index >= 15 is 0 Å². The predicted octanol–water partition coefficient (Wildman–Crippen LogP) is 10.6. The van der Waals surface area contributed by atoms with E-state index in [9.17, 15) is 0 Å². The molecule has 2 aliphatic rings. The van der Waals surface area contributed by atoms with Crippen molar-refractivity contribution < 1.29 is 0 Å². The summed E-state index contributed by atoms with van der Waals surface area (Å²) in [5.74, 6) is 0. The smallest absolute Gasteiger partial charge is 0.0859 e. The highest BCUT2D eigenvalue weighted by Gasteiger charge is 2.26. The van der Waals surface area contributed by atoms with Crippen LogP contribution in [0.2, 0.25) is 0 Å². The average molecular weight is 541 g/mol. The summed E-state index contributed by atoms with van der Waals surface area (Å²) in [6, 6.07) is 36.8. The van der Waals surface area contributed by atoms with Gasteiger partial charge in [0.2, 0.25) is 0 Å². The first-order valence-electron chi connectivity index (χ1n) is 14.4. The molecule has 7 rings (SSSR count). The monoisotopic (exact) mass is 540 g/mol. The van der Waals surface area contributed by atoms with Crippen LogP contribution in [0.15, 0.2) is 145 Å². The summed E-state index contributed by atoms with van der Waals surface area (Å²) in [7, 11) is 0. The third-order valence-corrected chi connectivity index (χ3v) is 8.59. The highest BCUT2D eigenvalue weighted by molar-refractivity contribution is 6.04. The van der Waals surface area contributed by atoms with Crippen LogP contribution >= 0.6 is 0 Å². The van der Waals surface area contributed by atoms with Gasteiger partial charge in [-0.3, -0.25) is 4.99 Å². The molecule has 0 saturated carbocycles. The lowest BCUT2D eigenvalue weighted by molar-refractivity contribution is 0.942. The zero-order valence-corrected chi connectivity index (χ0v) is 23.7. The molecule has 5 aromatic rings. The SMILES string of the molecule is C=C/C(=C\C(=C)C1=Cc2ccccc2CC1)c1ccc2c(c1)N(c1ccccc1N=C)Cc1ccc3ccccc3c1-2. The minimum Gasteiger partial charge on any atom is -0.335 e. The van der Waals surface area contributed by atoms with Crippen molar-refractivity contribution in [2.75, 3.05) is 4.90 Å². The molecule has 202 valence electrons. The number of anilines is 2. The molecule has 0 fully saturated rings. The van der Waals surface area contributed by atoms with Crippen molar-refractivity contribution in [3.05, 3.63) is 162 Å². The molecule has 0 N–H and O–H groups in total. The number of para-hydroxylation sites is 2. The van der Waals surface area contributed by atoms with Crippen molar-refractivity contribution in [1.29, 1.82) is 0 Å². The van der Waals surface area contributed by atoms with Crippen LogP contribution in [0.25, 0.3) is 33.5 Å². The van der Waals surface area contributed by atoms with Crippen molar-refractivity contribution in [2.24, 2.45) is 4.99 Å². The van der Waals surface area contributed by atoms with Crippen molar-refractivity contribution in [3.8, 4) is 11.1 Å². The van der Waals surface area contributed by atoms with E-state index in [1.807, 2.05) is 18.2 Å². The van der Waals surface area contributed by atoms with Crippen LogP contribution in [-0.2, 0) is 13.0 Å². The fraction of sp³-hybridized carbons (Fsp3) is 0.0750. The van der Waals surface area contributed by atoms with E-state index in [1.165, 1.54) is 44.2 Å². The summed E-state index contributed by atoms with van der Waals surface area (Å²) < 4.78 is 0. The summed E-state index contributed by atoms with van der Waals surface area (Å²) in [5, 5.41) is 2.52. The van der Waals surface area contributed by atoms with Gasteiger partial charge >= 0.3 is 0 Å². The van der Waals surface area contributed by atoms with Crippen LogP contribution in [0.3, 0.4) is 0 Å². The van der Waals surface area contributed by atoms with Gasteiger partial charge in [-0.25, -0.2) is 0 Å². The highest BCUT2D eigenvalue weighted by Crippen LogP contribution is 2.48. The first kappa shape index (κ1) is 25.7. The summed E-state index contributed by atoms with van der Waals surface area (Å²) in [4.78, 5) is 6.74. The molecule has 0 unspecified atom stereocenters.